The Balaban J connectivity index is 1.79. The van der Waals surface area contributed by atoms with Gasteiger partial charge in [-0.15, -0.1) is 0 Å². The Hall–Kier alpha value is -2.95. The molecule has 1 heterocycles. The summed E-state index contributed by atoms with van der Waals surface area (Å²) >= 11 is 0. The van der Waals surface area contributed by atoms with E-state index in [1.807, 2.05) is 69.3 Å². The molecule has 1 atom stereocenters. The average Bonchev–Trinajstić information content (AvgIpc) is 2.62. The number of hydrazone groups is 1. The second-order valence-corrected chi connectivity index (χ2v) is 6.64. The maximum absolute atomic E-state index is 12.7. The molecule has 0 aromatic heterocycles. The lowest BCUT2D eigenvalue weighted by Crippen LogP contribution is -2.40. The van der Waals surface area contributed by atoms with Crippen LogP contribution in [0.3, 0.4) is 0 Å². The topological polar surface area (TPSA) is 61.8 Å². The number of carbonyl (C=O) groups excluding carboxylic acids is 2. The standard InChI is InChI=1S/C21H23N3O2/c1-14-7-6-9-17(13-14)24-20(25)12-11-19(23-24)21(26)22-16(3)18-10-5-4-8-15(18)2/h4-10,13,16H,11-12H2,1-3H3,(H,22,26). The fraction of sp³-hybridized carbons (Fsp3) is 0.286. The monoisotopic (exact) mass is 349 g/mol. The average molecular weight is 349 g/mol. The van der Waals surface area contributed by atoms with Gasteiger partial charge in [-0.05, 0) is 49.6 Å². The normalized spacial score (nSPS) is 15.4. The molecular weight excluding hydrogens is 326 g/mol. The summed E-state index contributed by atoms with van der Waals surface area (Å²) in [5, 5.41) is 8.67. The van der Waals surface area contributed by atoms with Gasteiger partial charge in [-0.25, -0.2) is 5.01 Å². The molecule has 2 aromatic carbocycles. The first-order chi connectivity index (χ1) is 12.5. The molecule has 0 aliphatic carbocycles. The summed E-state index contributed by atoms with van der Waals surface area (Å²) in [5.74, 6) is -0.329. The van der Waals surface area contributed by atoms with Gasteiger partial charge >= 0.3 is 0 Å². The molecule has 1 N–H and O–H groups in total. The predicted molar refractivity (Wildman–Crippen MR) is 103 cm³/mol. The minimum Gasteiger partial charge on any atom is -0.344 e. The highest BCUT2D eigenvalue weighted by Gasteiger charge is 2.26. The van der Waals surface area contributed by atoms with Gasteiger partial charge < -0.3 is 5.32 Å². The molecule has 1 aliphatic rings. The van der Waals surface area contributed by atoms with Crippen LogP contribution in [0.15, 0.2) is 53.6 Å². The van der Waals surface area contributed by atoms with Gasteiger partial charge in [0.15, 0.2) is 0 Å². The van der Waals surface area contributed by atoms with Crippen LogP contribution < -0.4 is 10.3 Å². The van der Waals surface area contributed by atoms with E-state index in [0.29, 0.717) is 17.8 Å². The Morgan fingerprint density at radius 1 is 1.12 bits per heavy atom. The SMILES string of the molecule is Cc1cccc(N2N=C(C(=O)NC(C)c3ccccc3C)CCC2=O)c1. The molecule has 0 saturated carbocycles. The van der Waals surface area contributed by atoms with Crippen molar-refractivity contribution in [2.45, 2.75) is 39.7 Å². The number of hydrogen-bond donors (Lipinski definition) is 1. The largest absolute Gasteiger partial charge is 0.344 e. The number of amides is 2. The Labute approximate surface area is 153 Å². The number of aryl methyl sites for hydroxylation is 2. The zero-order valence-electron chi connectivity index (χ0n) is 15.3. The third-order valence-electron chi connectivity index (χ3n) is 4.54. The minimum absolute atomic E-state index is 0.0981. The van der Waals surface area contributed by atoms with Crippen LogP contribution in [0, 0.1) is 13.8 Å². The molecule has 2 aromatic rings. The molecule has 5 heteroatoms. The van der Waals surface area contributed by atoms with Gasteiger partial charge in [-0.1, -0.05) is 36.4 Å². The molecule has 0 spiro atoms. The zero-order chi connectivity index (χ0) is 18.7. The van der Waals surface area contributed by atoms with Crippen LogP contribution in [0.5, 0.6) is 0 Å². The molecule has 3 rings (SSSR count). The van der Waals surface area contributed by atoms with Crippen LogP contribution in [0.25, 0.3) is 0 Å². The Morgan fingerprint density at radius 2 is 1.88 bits per heavy atom. The zero-order valence-corrected chi connectivity index (χ0v) is 15.3. The molecular formula is C21H23N3O2. The first kappa shape index (κ1) is 17.9. The highest BCUT2D eigenvalue weighted by molar-refractivity contribution is 6.40. The van der Waals surface area contributed by atoms with Crippen LogP contribution in [-0.2, 0) is 9.59 Å². The number of rotatable bonds is 4. The summed E-state index contributed by atoms with van der Waals surface area (Å²) in [6, 6.07) is 15.4. The van der Waals surface area contributed by atoms with Gasteiger partial charge in [0.25, 0.3) is 5.91 Å². The number of anilines is 1. The molecule has 0 bridgehead atoms. The van der Waals surface area contributed by atoms with E-state index in [0.717, 1.165) is 16.7 Å². The lowest BCUT2D eigenvalue weighted by Gasteiger charge is -2.24. The van der Waals surface area contributed by atoms with Crippen molar-refractivity contribution in [3.63, 3.8) is 0 Å². The van der Waals surface area contributed by atoms with Gasteiger partial charge in [0.05, 0.1) is 11.7 Å². The van der Waals surface area contributed by atoms with Crippen LogP contribution in [0.4, 0.5) is 5.69 Å². The van der Waals surface area contributed by atoms with Gasteiger partial charge in [0, 0.05) is 12.8 Å². The Bertz CT molecular complexity index is 873. The van der Waals surface area contributed by atoms with Crippen LogP contribution in [-0.4, -0.2) is 17.5 Å². The fourth-order valence-electron chi connectivity index (χ4n) is 3.11. The maximum atomic E-state index is 12.7. The van der Waals surface area contributed by atoms with Gasteiger partial charge in [-0.2, -0.15) is 5.10 Å². The molecule has 2 amide bonds. The summed E-state index contributed by atoms with van der Waals surface area (Å²) in [7, 11) is 0. The highest BCUT2D eigenvalue weighted by Crippen LogP contribution is 2.22. The van der Waals surface area contributed by atoms with E-state index in [2.05, 4.69) is 10.4 Å². The number of nitrogens with zero attached hydrogens (tertiary/aromatic N) is 2. The number of nitrogens with one attached hydrogen (secondary N) is 1. The summed E-state index contributed by atoms with van der Waals surface area (Å²) < 4.78 is 0. The molecule has 1 aliphatic heterocycles. The molecule has 134 valence electrons. The summed E-state index contributed by atoms with van der Waals surface area (Å²) in [4.78, 5) is 24.9. The van der Waals surface area contributed by atoms with E-state index >= 15 is 0 Å². The third kappa shape index (κ3) is 3.82. The van der Waals surface area contributed by atoms with Crippen molar-refractivity contribution in [2.24, 2.45) is 5.10 Å². The maximum Gasteiger partial charge on any atom is 0.267 e. The second-order valence-electron chi connectivity index (χ2n) is 6.64. The third-order valence-corrected chi connectivity index (χ3v) is 4.54. The molecule has 0 saturated heterocycles. The Morgan fingerprint density at radius 3 is 2.62 bits per heavy atom. The van der Waals surface area contributed by atoms with Crippen molar-refractivity contribution < 1.29 is 9.59 Å². The summed E-state index contributed by atoms with van der Waals surface area (Å²) in [6.07, 6.45) is 0.631. The van der Waals surface area contributed by atoms with Crippen molar-refractivity contribution in [1.82, 2.24) is 5.32 Å². The minimum atomic E-state index is -0.231. The molecule has 5 nitrogen and oxygen atoms in total. The lowest BCUT2D eigenvalue weighted by atomic mass is 10.0. The first-order valence-corrected chi connectivity index (χ1v) is 8.79. The van der Waals surface area contributed by atoms with Crippen molar-refractivity contribution in [3.8, 4) is 0 Å². The second kappa shape index (κ2) is 7.52. The quantitative estimate of drug-likeness (QED) is 0.915. The van der Waals surface area contributed by atoms with E-state index in [9.17, 15) is 9.59 Å². The van der Waals surface area contributed by atoms with E-state index in [4.69, 9.17) is 0 Å². The first-order valence-electron chi connectivity index (χ1n) is 8.79. The van der Waals surface area contributed by atoms with Crippen molar-refractivity contribution in [1.29, 1.82) is 0 Å². The lowest BCUT2D eigenvalue weighted by molar-refractivity contribution is -0.119. The van der Waals surface area contributed by atoms with E-state index < -0.39 is 0 Å². The van der Waals surface area contributed by atoms with Crippen LogP contribution in [0.2, 0.25) is 0 Å². The molecule has 0 fully saturated rings. The van der Waals surface area contributed by atoms with Crippen LogP contribution >= 0.6 is 0 Å². The smallest absolute Gasteiger partial charge is 0.267 e. The van der Waals surface area contributed by atoms with E-state index in [1.54, 1.807) is 0 Å². The summed E-state index contributed by atoms with van der Waals surface area (Å²) in [5.41, 5.74) is 4.31. The molecule has 26 heavy (non-hydrogen) atoms. The number of carbonyl (C=O) groups is 2. The number of benzene rings is 2. The number of hydrogen-bond acceptors (Lipinski definition) is 3. The molecule has 1 unspecified atom stereocenters. The van der Waals surface area contributed by atoms with Gasteiger partial charge in [0.2, 0.25) is 5.91 Å². The van der Waals surface area contributed by atoms with E-state index in [1.165, 1.54) is 5.01 Å². The van der Waals surface area contributed by atoms with Crippen LogP contribution in [0.1, 0.15) is 42.5 Å². The van der Waals surface area contributed by atoms with Crippen molar-refractivity contribution in [3.05, 3.63) is 65.2 Å². The van der Waals surface area contributed by atoms with Crippen molar-refractivity contribution >= 4 is 23.2 Å². The van der Waals surface area contributed by atoms with Gasteiger partial charge in [-0.3, -0.25) is 9.59 Å². The Kier molecular flexibility index (Phi) is 5.16. The van der Waals surface area contributed by atoms with Crippen molar-refractivity contribution in [2.75, 3.05) is 5.01 Å². The predicted octanol–water partition coefficient (Wildman–Crippen LogP) is 3.66. The summed E-state index contributed by atoms with van der Waals surface area (Å²) in [6.45, 7) is 5.93. The fourth-order valence-corrected chi connectivity index (χ4v) is 3.11. The van der Waals surface area contributed by atoms with E-state index in [-0.39, 0.29) is 24.3 Å². The van der Waals surface area contributed by atoms with Gasteiger partial charge in [0.1, 0.15) is 5.71 Å². The molecule has 0 radical (unpaired) electrons. The highest BCUT2D eigenvalue weighted by atomic mass is 16.2.